The molecule has 2 aliphatic rings. The van der Waals surface area contributed by atoms with Gasteiger partial charge in [0.25, 0.3) is 0 Å². The van der Waals surface area contributed by atoms with E-state index in [0.717, 1.165) is 17.3 Å². The van der Waals surface area contributed by atoms with Gasteiger partial charge in [0.05, 0.1) is 6.04 Å². The normalized spacial score (nSPS) is 23.5. The maximum Gasteiger partial charge on any atom is 0.156 e. The molecule has 0 amide bonds. The number of aliphatic imine (C=N–C) groups is 1. The van der Waals surface area contributed by atoms with Gasteiger partial charge in [-0.1, -0.05) is 65.9 Å². The molecule has 1 atom stereocenters. The number of allylic oxidation sites excluding steroid dienone is 4. The van der Waals surface area contributed by atoms with Crippen molar-refractivity contribution in [2.45, 2.75) is 19.4 Å². The molecular weight excluding hydrogens is 276 g/mol. The van der Waals surface area contributed by atoms with Crippen LogP contribution in [0.25, 0.3) is 5.57 Å². The quantitative estimate of drug-likeness (QED) is 0.893. The van der Waals surface area contributed by atoms with Crippen LogP contribution in [0, 0.1) is 6.92 Å². The minimum Gasteiger partial charge on any atom is -0.357 e. The lowest BCUT2D eigenvalue weighted by molar-refractivity contribution is 0.816. The molecule has 0 saturated carbocycles. The Morgan fingerprint density at radius 2 is 2.05 bits per heavy atom. The van der Waals surface area contributed by atoms with E-state index in [1.807, 2.05) is 7.05 Å². The average molecular weight is 296 g/mol. The van der Waals surface area contributed by atoms with Crippen LogP contribution in [0.5, 0.6) is 0 Å². The molecule has 1 fully saturated rings. The summed E-state index contributed by atoms with van der Waals surface area (Å²) in [4.78, 5) is 4.27. The third-order valence-corrected chi connectivity index (χ3v) is 4.88. The highest BCUT2D eigenvalue weighted by molar-refractivity contribution is 8.14. The van der Waals surface area contributed by atoms with E-state index in [9.17, 15) is 0 Å². The number of aryl methyl sites for hydroxylation is 1. The van der Waals surface area contributed by atoms with E-state index in [4.69, 9.17) is 0 Å². The van der Waals surface area contributed by atoms with Crippen LogP contribution in [0.4, 0.5) is 0 Å². The number of hydrogen-bond donors (Lipinski definition) is 1. The molecule has 108 valence electrons. The molecule has 0 radical (unpaired) electrons. The smallest absolute Gasteiger partial charge is 0.156 e. The molecule has 1 aromatic carbocycles. The zero-order valence-electron chi connectivity index (χ0n) is 12.5. The van der Waals surface area contributed by atoms with E-state index in [-0.39, 0.29) is 0 Å². The molecule has 21 heavy (non-hydrogen) atoms. The first-order chi connectivity index (χ1) is 10.3. The molecule has 1 heterocycles. The Balaban J connectivity index is 1.94. The van der Waals surface area contributed by atoms with Crippen molar-refractivity contribution < 1.29 is 0 Å². The molecular formula is C18H20N2S. The van der Waals surface area contributed by atoms with Gasteiger partial charge in [0.1, 0.15) is 0 Å². The molecule has 2 nitrogen and oxygen atoms in total. The minimum atomic E-state index is 0.337. The molecule has 3 rings (SSSR count). The zero-order chi connectivity index (χ0) is 14.7. The summed E-state index contributed by atoms with van der Waals surface area (Å²) in [6, 6.07) is 9.14. The summed E-state index contributed by atoms with van der Waals surface area (Å²) in [6.45, 7) is 2.13. The fourth-order valence-electron chi connectivity index (χ4n) is 2.66. The number of nitrogens with one attached hydrogen (secondary N) is 1. The largest absolute Gasteiger partial charge is 0.357 e. The van der Waals surface area contributed by atoms with Crippen LogP contribution in [0.2, 0.25) is 0 Å². The third kappa shape index (κ3) is 3.13. The van der Waals surface area contributed by atoms with Crippen LogP contribution in [-0.4, -0.2) is 24.0 Å². The summed E-state index contributed by atoms with van der Waals surface area (Å²) in [7, 11) is 1.84. The zero-order valence-corrected chi connectivity index (χ0v) is 13.3. The second kappa shape index (κ2) is 6.35. The van der Waals surface area contributed by atoms with Crippen molar-refractivity contribution in [3.05, 3.63) is 65.3 Å². The van der Waals surface area contributed by atoms with Gasteiger partial charge in [0.2, 0.25) is 0 Å². The van der Waals surface area contributed by atoms with Crippen molar-refractivity contribution >= 4 is 22.5 Å². The summed E-state index contributed by atoms with van der Waals surface area (Å²) in [6.07, 6.45) is 9.93. The Bertz CT molecular complexity index is 636. The van der Waals surface area contributed by atoms with Crippen LogP contribution >= 0.6 is 11.8 Å². The summed E-state index contributed by atoms with van der Waals surface area (Å²) < 4.78 is 0. The van der Waals surface area contributed by atoms with Crippen molar-refractivity contribution in [3.63, 3.8) is 0 Å². The first kappa shape index (κ1) is 14.2. The molecule has 0 spiro atoms. The monoisotopic (exact) mass is 296 g/mol. The Hall–Kier alpha value is -1.74. The lowest BCUT2D eigenvalue weighted by atomic mass is 9.92. The highest BCUT2D eigenvalue weighted by Gasteiger charge is 2.26. The SMILES string of the molecule is CN=C1NC(C2=CC=CCC=C2c2ccc(C)cc2)CS1. The van der Waals surface area contributed by atoms with E-state index in [1.54, 1.807) is 11.8 Å². The standard InChI is InChI=1S/C18H20N2S/c1-13-8-10-14(11-9-13)15-6-4-3-5-7-16(15)17-12-21-18(19-2)20-17/h3,5-11,17H,4,12H2,1-2H3,(H,19,20). The summed E-state index contributed by atoms with van der Waals surface area (Å²) >= 11 is 1.80. The lowest BCUT2D eigenvalue weighted by Crippen LogP contribution is -2.29. The van der Waals surface area contributed by atoms with Crippen molar-refractivity contribution in [1.29, 1.82) is 0 Å². The van der Waals surface area contributed by atoms with E-state index < -0.39 is 0 Å². The average Bonchev–Trinajstić information content (AvgIpc) is 2.85. The summed E-state index contributed by atoms with van der Waals surface area (Å²) in [5.74, 6) is 1.04. The molecule has 0 bridgehead atoms. The Labute approximate surface area is 130 Å². The van der Waals surface area contributed by atoms with Crippen LogP contribution < -0.4 is 5.32 Å². The van der Waals surface area contributed by atoms with Gasteiger partial charge < -0.3 is 5.32 Å². The van der Waals surface area contributed by atoms with Crippen LogP contribution in [0.3, 0.4) is 0 Å². The molecule has 1 N–H and O–H groups in total. The van der Waals surface area contributed by atoms with Gasteiger partial charge in [-0.3, -0.25) is 4.99 Å². The Morgan fingerprint density at radius 3 is 2.76 bits per heavy atom. The molecule has 1 unspecified atom stereocenters. The third-order valence-electron chi connectivity index (χ3n) is 3.81. The van der Waals surface area contributed by atoms with E-state index >= 15 is 0 Å². The van der Waals surface area contributed by atoms with Crippen molar-refractivity contribution in [1.82, 2.24) is 5.32 Å². The topological polar surface area (TPSA) is 24.4 Å². The van der Waals surface area contributed by atoms with Gasteiger partial charge in [-0.15, -0.1) is 0 Å². The Morgan fingerprint density at radius 1 is 1.24 bits per heavy atom. The lowest BCUT2D eigenvalue weighted by Gasteiger charge is -2.18. The summed E-state index contributed by atoms with van der Waals surface area (Å²) in [5, 5.41) is 4.56. The predicted octanol–water partition coefficient (Wildman–Crippen LogP) is 3.96. The van der Waals surface area contributed by atoms with Gasteiger partial charge in [0.15, 0.2) is 5.17 Å². The van der Waals surface area contributed by atoms with Gasteiger partial charge >= 0.3 is 0 Å². The number of rotatable bonds is 2. The van der Waals surface area contributed by atoms with E-state index in [1.165, 1.54) is 22.3 Å². The number of hydrogen-bond acceptors (Lipinski definition) is 2. The number of benzene rings is 1. The van der Waals surface area contributed by atoms with Crippen LogP contribution in [-0.2, 0) is 0 Å². The van der Waals surface area contributed by atoms with Crippen molar-refractivity contribution in [2.24, 2.45) is 4.99 Å². The number of thioether (sulfide) groups is 1. The van der Waals surface area contributed by atoms with Gasteiger partial charge in [-0.25, -0.2) is 0 Å². The first-order valence-corrected chi connectivity index (χ1v) is 8.27. The molecule has 1 aliphatic carbocycles. The highest BCUT2D eigenvalue weighted by Crippen LogP contribution is 2.32. The van der Waals surface area contributed by atoms with E-state index in [2.05, 4.69) is 65.8 Å². The minimum absolute atomic E-state index is 0.337. The molecule has 3 heteroatoms. The second-order valence-electron chi connectivity index (χ2n) is 5.31. The molecule has 1 aliphatic heterocycles. The maximum absolute atomic E-state index is 4.27. The summed E-state index contributed by atoms with van der Waals surface area (Å²) in [5.41, 5.74) is 5.30. The van der Waals surface area contributed by atoms with Gasteiger partial charge in [-0.05, 0) is 30.1 Å². The first-order valence-electron chi connectivity index (χ1n) is 7.28. The van der Waals surface area contributed by atoms with Crippen LogP contribution in [0.15, 0.2) is 59.1 Å². The number of nitrogens with zero attached hydrogens (tertiary/aromatic N) is 1. The molecule has 1 aromatic rings. The maximum atomic E-state index is 4.27. The van der Waals surface area contributed by atoms with Crippen LogP contribution in [0.1, 0.15) is 17.5 Å². The van der Waals surface area contributed by atoms with Crippen molar-refractivity contribution in [2.75, 3.05) is 12.8 Å². The predicted molar refractivity (Wildman–Crippen MR) is 93.7 cm³/mol. The van der Waals surface area contributed by atoms with E-state index in [0.29, 0.717) is 6.04 Å². The second-order valence-corrected chi connectivity index (χ2v) is 6.32. The highest BCUT2D eigenvalue weighted by atomic mass is 32.2. The van der Waals surface area contributed by atoms with Gasteiger partial charge in [-0.2, -0.15) is 0 Å². The Kier molecular flexibility index (Phi) is 4.30. The molecule has 0 aromatic heterocycles. The fraction of sp³-hybridized carbons (Fsp3) is 0.278. The fourth-order valence-corrected chi connectivity index (χ4v) is 3.60. The number of amidine groups is 1. The van der Waals surface area contributed by atoms with Gasteiger partial charge in [0, 0.05) is 12.8 Å². The molecule has 1 saturated heterocycles. The van der Waals surface area contributed by atoms with Crippen molar-refractivity contribution in [3.8, 4) is 0 Å².